The van der Waals surface area contributed by atoms with Gasteiger partial charge in [-0.25, -0.2) is 4.79 Å². The third-order valence-electron chi connectivity index (χ3n) is 5.60. The number of allylic oxidation sites excluding steroid dienone is 2. The molecule has 2 aromatic rings. The molecule has 198 valence electrons. The summed E-state index contributed by atoms with van der Waals surface area (Å²) in [5.74, 6) is -2.85. The van der Waals surface area contributed by atoms with Gasteiger partial charge in [0.15, 0.2) is 0 Å². The Kier molecular flexibility index (Phi) is 9.31. The molecule has 6 nitrogen and oxygen atoms in total. The number of nitrogens with one attached hydrogen (secondary N) is 2. The van der Waals surface area contributed by atoms with E-state index in [1.165, 1.54) is 31.2 Å². The topological polar surface area (TPSA) is 91.2 Å². The quantitative estimate of drug-likeness (QED) is 0.284. The van der Waals surface area contributed by atoms with E-state index in [4.69, 9.17) is 16.3 Å². The number of dihydropyridines is 1. The van der Waals surface area contributed by atoms with Crippen LogP contribution in [0.2, 0.25) is 5.02 Å². The van der Waals surface area contributed by atoms with Gasteiger partial charge in [0.05, 0.1) is 39.5 Å². The first-order valence-electron chi connectivity index (χ1n) is 11.2. The van der Waals surface area contributed by atoms with Crippen LogP contribution in [-0.2, 0) is 20.5 Å². The zero-order valence-corrected chi connectivity index (χ0v) is 22.0. The molecule has 2 N–H and O–H groups in total. The maximum Gasteiger partial charge on any atom is 0.416 e. The molecule has 38 heavy (non-hydrogen) atoms. The van der Waals surface area contributed by atoms with Gasteiger partial charge in [0, 0.05) is 16.4 Å². The second-order valence-corrected chi connectivity index (χ2v) is 9.64. The van der Waals surface area contributed by atoms with Crippen molar-refractivity contribution in [2.24, 2.45) is 0 Å². The van der Waals surface area contributed by atoms with Crippen LogP contribution in [0.1, 0.15) is 29.5 Å². The Morgan fingerprint density at radius 3 is 2.63 bits per heavy atom. The Morgan fingerprint density at radius 1 is 1.26 bits per heavy atom. The Morgan fingerprint density at radius 2 is 1.97 bits per heavy atom. The minimum Gasteiger partial charge on any atom is -0.458 e. The lowest BCUT2D eigenvalue weighted by atomic mass is 9.80. The second kappa shape index (κ2) is 12.2. The van der Waals surface area contributed by atoms with Crippen LogP contribution in [0.5, 0.6) is 0 Å². The van der Waals surface area contributed by atoms with Crippen molar-refractivity contribution in [2.45, 2.75) is 25.9 Å². The number of benzene rings is 2. The third-order valence-corrected chi connectivity index (χ3v) is 6.85. The summed E-state index contributed by atoms with van der Waals surface area (Å²) in [6, 6.07) is 11.7. The lowest BCUT2D eigenvalue weighted by Gasteiger charge is -2.30. The second-order valence-electron chi connectivity index (χ2n) is 8.22. The van der Waals surface area contributed by atoms with E-state index >= 15 is 0 Å². The van der Waals surface area contributed by atoms with E-state index in [1.54, 1.807) is 25.1 Å². The number of nitrogens with zero attached hydrogens (tertiary/aromatic N) is 1. The average molecular weight is 562 g/mol. The molecule has 0 radical (unpaired) electrons. The first-order chi connectivity index (χ1) is 18.0. The number of esters is 1. The standard InChI is InChI=1S/C27H23ClF3N3O3S/c1-4-11-37-26(36)23-16(3)33-25(38-14-22(35)34-21-12-17(28)10-9-15(21)2)19(13-32)24(23)18-7-5-6-8-20(18)27(29,30)31/h4-10,12,24,33H,1,11,14H2,2-3H3,(H,34,35). The zero-order valence-electron chi connectivity index (χ0n) is 20.4. The molecule has 1 unspecified atom stereocenters. The molecule has 0 fully saturated rings. The molecule has 1 amide bonds. The summed E-state index contributed by atoms with van der Waals surface area (Å²) in [5, 5.41) is 16.3. The molecule has 1 aliphatic heterocycles. The fourth-order valence-corrected chi connectivity index (χ4v) is 4.94. The normalized spacial score (nSPS) is 15.4. The zero-order chi connectivity index (χ0) is 28.0. The molecule has 0 aliphatic carbocycles. The summed E-state index contributed by atoms with van der Waals surface area (Å²) < 4.78 is 47.0. The molecular formula is C27H23ClF3N3O3S. The maximum atomic E-state index is 14.0. The van der Waals surface area contributed by atoms with Crippen LogP contribution in [0.3, 0.4) is 0 Å². The summed E-state index contributed by atoms with van der Waals surface area (Å²) >= 11 is 6.94. The molecule has 11 heteroatoms. The van der Waals surface area contributed by atoms with Crippen LogP contribution >= 0.6 is 23.4 Å². The molecular weight excluding hydrogens is 539 g/mol. The van der Waals surface area contributed by atoms with Crippen molar-refractivity contribution in [3.8, 4) is 6.07 Å². The number of hydrogen-bond acceptors (Lipinski definition) is 6. The summed E-state index contributed by atoms with van der Waals surface area (Å²) in [6.07, 6.45) is -3.42. The number of carbonyl (C=O) groups is 2. The van der Waals surface area contributed by atoms with Crippen molar-refractivity contribution >= 4 is 40.9 Å². The molecule has 1 aliphatic rings. The molecule has 0 bridgehead atoms. The summed E-state index contributed by atoms with van der Waals surface area (Å²) in [7, 11) is 0. The van der Waals surface area contributed by atoms with Crippen molar-refractivity contribution in [2.75, 3.05) is 17.7 Å². The summed E-state index contributed by atoms with van der Waals surface area (Å²) in [4.78, 5) is 25.6. The number of ether oxygens (including phenoxy) is 1. The fourth-order valence-electron chi connectivity index (χ4n) is 3.88. The van der Waals surface area contributed by atoms with Gasteiger partial charge in [-0.2, -0.15) is 18.4 Å². The lowest BCUT2D eigenvalue weighted by Crippen LogP contribution is -2.30. The average Bonchev–Trinajstić information content (AvgIpc) is 2.87. The predicted octanol–water partition coefficient (Wildman–Crippen LogP) is 6.46. The number of anilines is 1. The highest BCUT2D eigenvalue weighted by Gasteiger charge is 2.41. The lowest BCUT2D eigenvalue weighted by molar-refractivity contribution is -0.140. The van der Waals surface area contributed by atoms with Crippen LogP contribution in [0.25, 0.3) is 0 Å². The van der Waals surface area contributed by atoms with E-state index < -0.39 is 29.5 Å². The molecule has 1 atom stereocenters. The third kappa shape index (κ3) is 6.60. The Bertz CT molecular complexity index is 1380. The molecule has 1 heterocycles. The number of nitriles is 1. The van der Waals surface area contributed by atoms with Gasteiger partial charge in [-0.1, -0.05) is 60.3 Å². The van der Waals surface area contributed by atoms with Crippen molar-refractivity contribution in [1.82, 2.24) is 5.32 Å². The van der Waals surface area contributed by atoms with Crippen molar-refractivity contribution in [1.29, 1.82) is 5.26 Å². The van der Waals surface area contributed by atoms with Crippen LogP contribution in [-0.4, -0.2) is 24.2 Å². The predicted molar refractivity (Wildman–Crippen MR) is 141 cm³/mol. The number of thioether (sulfide) groups is 1. The van der Waals surface area contributed by atoms with E-state index in [9.17, 15) is 28.0 Å². The van der Waals surface area contributed by atoms with Crippen molar-refractivity contribution in [3.05, 3.63) is 98.7 Å². The first kappa shape index (κ1) is 28.9. The maximum absolute atomic E-state index is 14.0. The Balaban J connectivity index is 2.01. The highest BCUT2D eigenvalue weighted by Crippen LogP contribution is 2.45. The molecule has 0 saturated heterocycles. The summed E-state index contributed by atoms with van der Waals surface area (Å²) in [6.45, 7) is 6.60. The molecule has 3 rings (SSSR count). The minimum atomic E-state index is -4.74. The first-order valence-corrected chi connectivity index (χ1v) is 12.6. The number of amides is 1. The molecule has 0 saturated carbocycles. The minimum absolute atomic E-state index is 0.136. The number of hydrogen-bond donors (Lipinski definition) is 2. The van der Waals surface area contributed by atoms with E-state index in [0.29, 0.717) is 10.7 Å². The van der Waals surface area contributed by atoms with Crippen LogP contribution < -0.4 is 10.6 Å². The SMILES string of the molecule is C=CCOC(=O)C1=C(C)NC(SCC(=O)Nc2cc(Cl)ccc2C)=C(C#N)C1c1ccccc1C(F)(F)F. The van der Waals surface area contributed by atoms with Crippen molar-refractivity contribution < 1.29 is 27.5 Å². The molecule has 2 aromatic carbocycles. The van der Waals surface area contributed by atoms with Crippen LogP contribution in [0.15, 0.2) is 77.0 Å². The highest BCUT2D eigenvalue weighted by atomic mass is 35.5. The number of alkyl halides is 3. The van der Waals surface area contributed by atoms with E-state index in [0.717, 1.165) is 23.4 Å². The Hall–Kier alpha value is -3.68. The Labute approximate surface area is 227 Å². The van der Waals surface area contributed by atoms with Gasteiger partial charge < -0.3 is 15.4 Å². The van der Waals surface area contributed by atoms with E-state index in [2.05, 4.69) is 17.2 Å². The molecule has 0 aromatic heterocycles. The van der Waals surface area contributed by atoms with Crippen LogP contribution in [0.4, 0.5) is 18.9 Å². The van der Waals surface area contributed by atoms with Gasteiger partial charge in [-0.05, 0) is 43.2 Å². The van der Waals surface area contributed by atoms with Gasteiger partial charge in [0.1, 0.15) is 6.61 Å². The van der Waals surface area contributed by atoms with Gasteiger partial charge in [0.2, 0.25) is 5.91 Å². The number of aryl methyl sites for hydroxylation is 1. The molecule has 0 spiro atoms. The van der Waals surface area contributed by atoms with Gasteiger partial charge in [-0.3, -0.25) is 4.79 Å². The van der Waals surface area contributed by atoms with Crippen LogP contribution in [0, 0.1) is 18.3 Å². The van der Waals surface area contributed by atoms with E-state index in [-0.39, 0.29) is 39.8 Å². The van der Waals surface area contributed by atoms with Gasteiger partial charge in [0.25, 0.3) is 0 Å². The fraction of sp³-hybridized carbons (Fsp3) is 0.222. The number of halogens is 4. The largest absolute Gasteiger partial charge is 0.458 e. The monoisotopic (exact) mass is 561 g/mol. The van der Waals surface area contributed by atoms with Crippen molar-refractivity contribution in [3.63, 3.8) is 0 Å². The van der Waals surface area contributed by atoms with E-state index in [1.807, 2.05) is 6.07 Å². The number of rotatable bonds is 8. The number of carbonyl (C=O) groups excluding carboxylic acids is 2. The van der Waals surface area contributed by atoms with Gasteiger partial charge in [-0.15, -0.1) is 0 Å². The summed E-state index contributed by atoms with van der Waals surface area (Å²) in [5.41, 5.74) is -0.0491. The van der Waals surface area contributed by atoms with Gasteiger partial charge >= 0.3 is 12.1 Å². The highest BCUT2D eigenvalue weighted by molar-refractivity contribution is 8.03. The smallest absolute Gasteiger partial charge is 0.416 e.